The largest absolute Gasteiger partial charge is 0.487 e. The molecule has 2 aromatic carbocycles. The Labute approximate surface area is 172 Å². The molecule has 0 atom stereocenters. The van der Waals surface area contributed by atoms with E-state index in [1.54, 1.807) is 41.7 Å². The maximum absolute atomic E-state index is 13.2. The molecule has 150 valence electrons. The molecule has 0 aliphatic carbocycles. The summed E-state index contributed by atoms with van der Waals surface area (Å²) in [7, 11) is 1.53. The summed E-state index contributed by atoms with van der Waals surface area (Å²) >= 11 is 1.56. The molecule has 2 amide bonds. The van der Waals surface area contributed by atoms with Crippen LogP contribution in [0.2, 0.25) is 0 Å². The van der Waals surface area contributed by atoms with Gasteiger partial charge in [-0.15, -0.1) is 11.3 Å². The zero-order valence-corrected chi connectivity index (χ0v) is 16.8. The van der Waals surface area contributed by atoms with E-state index in [2.05, 4.69) is 10.3 Å². The minimum Gasteiger partial charge on any atom is -0.487 e. The number of halogens is 1. The molecule has 0 spiro atoms. The number of anilines is 1. The van der Waals surface area contributed by atoms with Crippen molar-refractivity contribution in [2.45, 2.75) is 13.5 Å². The zero-order chi connectivity index (χ0) is 20.8. The van der Waals surface area contributed by atoms with E-state index in [0.717, 1.165) is 10.7 Å². The van der Waals surface area contributed by atoms with Crippen LogP contribution in [0.3, 0.4) is 0 Å². The first-order valence-electron chi connectivity index (χ1n) is 8.85. The minimum absolute atomic E-state index is 0.156. The fraction of sp³-hybridized carbons (Fsp3) is 0.190. The maximum atomic E-state index is 13.2. The SMILES string of the molecule is Cc1nc(COc2ccc(C(=O)N(C)CC(=O)Nc3cccc(F)c3)cc2)cs1. The zero-order valence-electron chi connectivity index (χ0n) is 16.0. The van der Waals surface area contributed by atoms with Crippen molar-refractivity contribution in [3.63, 3.8) is 0 Å². The molecule has 0 saturated carbocycles. The van der Waals surface area contributed by atoms with Gasteiger partial charge in [-0.05, 0) is 49.4 Å². The fourth-order valence-electron chi connectivity index (χ4n) is 2.60. The Balaban J connectivity index is 1.52. The molecule has 0 radical (unpaired) electrons. The topological polar surface area (TPSA) is 71.5 Å². The van der Waals surface area contributed by atoms with Crippen LogP contribution in [-0.4, -0.2) is 35.3 Å². The van der Waals surface area contributed by atoms with E-state index in [4.69, 9.17) is 4.74 Å². The predicted molar refractivity (Wildman–Crippen MR) is 110 cm³/mol. The smallest absolute Gasteiger partial charge is 0.254 e. The number of carbonyl (C=O) groups excluding carboxylic acids is 2. The van der Waals surface area contributed by atoms with Crippen LogP contribution in [0.4, 0.5) is 10.1 Å². The molecule has 0 unspecified atom stereocenters. The van der Waals surface area contributed by atoms with Crippen LogP contribution in [0.15, 0.2) is 53.9 Å². The van der Waals surface area contributed by atoms with Gasteiger partial charge in [-0.1, -0.05) is 6.07 Å². The lowest BCUT2D eigenvalue weighted by Crippen LogP contribution is -2.34. The van der Waals surface area contributed by atoms with Gasteiger partial charge in [0.2, 0.25) is 5.91 Å². The number of nitrogens with zero attached hydrogens (tertiary/aromatic N) is 2. The first kappa shape index (κ1) is 20.5. The fourth-order valence-corrected chi connectivity index (χ4v) is 3.20. The molecule has 1 heterocycles. The highest BCUT2D eigenvalue weighted by Crippen LogP contribution is 2.16. The van der Waals surface area contributed by atoms with Gasteiger partial charge in [0, 0.05) is 23.7 Å². The molecule has 3 aromatic rings. The lowest BCUT2D eigenvalue weighted by atomic mass is 10.2. The van der Waals surface area contributed by atoms with E-state index in [1.807, 2.05) is 12.3 Å². The molecule has 0 aliphatic rings. The number of aromatic nitrogens is 1. The second-order valence-electron chi connectivity index (χ2n) is 6.39. The number of nitrogens with one attached hydrogen (secondary N) is 1. The minimum atomic E-state index is -0.445. The van der Waals surface area contributed by atoms with E-state index >= 15 is 0 Å². The van der Waals surface area contributed by atoms with Crippen molar-refractivity contribution in [2.24, 2.45) is 0 Å². The van der Waals surface area contributed by atoms with E-state index in [9.17, 15) is 14.0 Å². The second kappa shape index (κ2) is 9.29. The summed E-state index contributed by atoms with van der Waals surface area (Å²) in [5.74, 6) is -0.538. The number of benzene rings is 2. The number of thiazole rings is 1. The van der Waals surface area contributed by atoms with Gasteiger partial charge in [0.15, 0.2) is 0 Å². The summed E-state index contributed by atoms with van der Waals surface area (Å²) in [5.41, 5.74) is 1.63. The van der Waals surface area contributed by atoms with Crippen LogP contribution in [-0.2, 0) is 11.4 Å². The van der Waals surface area contributed by atoms with Crippen molar-refractivity contribution >= 4 is 28.8 Å². The Bertz CT molecular complexity index is 1000. The average molecular weight is 413 g/mol. The normalized spacial score (nSPS) is 10.4. The van der Waals surface area contributed by atoms with Crippen molar-refractivity contribution in [2.75, 3.05) is 18.9 Å². The summed E-state index contributed by atoms with van der Waals surface area (Å²) in [4.78, 5) is 30.2. The number of aryl methyl sites for hydroxylation is 1. The first-order chi connectivity index (χ1) is 13.9. The van der Waals surface area contributed by atoms with E-state index in [1.165, 1.54) is 30.1 Å². The molecule has 0 aliphatic heterocycles. The van der Waals surface area contributed by atoms with Crippen LogP contribution in [0.25, 0.3) is 0 Å². The van der Waals surface area contributed by atoms with Crippen molar-refractivity contribution in [1.82, 2.24) is 9.88 Å². The van der Waals surface area contributed by atoms with E-state index in [-0.39, 0.29) is 12.5 Å². The Kier molecular flexibility index (Phi) is 6.56. The predicted octanol–water partition coefficient (Wildman–Crippen LogP) is 3.88. The summed E-state index contributed by atoms with van der Waals surface area (Å²) in [6, 6.07) is 12.3. The molecular weight excluding hydrogens is 393 g/mol. The van der Waals surface area contributed by atoms with Gasteiger partial charge in [0.05, 0.1) is 17.2 Å². The summed E-state index contributed by atoms with van der Waals surface area (Å²) in [5, 5.41) is 5.49. The van der Waals surface area contributed by atoms with Crippen molar-refractivity contribution < 1.29 is 18.7 Å². The van der Waals surface area contributed by atoms with Crippen molar-refractivity contribution in [3.05, 3.63) is 76.0 Å². The quantitative estimate of drug-likeness (QED) is 0.638. The third-order valence-corrected chi connectivity index (χ3v) is 4.81. The van der Waals surface area contributed by atoms with Gasteiger partial charge >= 0.3 is 0 Å². The van der Waals surface area contributed by atoms with Gasteiger partial charge in [-0.3, -0.25) is 9.59 Å². The third-order valence-electron chi connectivity index (χ3n) is 3.99. The molecule has 6 nitrogen and oxygen atoms in total. The Hall–Kier alpha value is -3.26. The monoisotopic (exact) mass is 413 g/mol. The van der Waals surface area contributed by atoms with Gasteiger partial charge in [-0.25, -0.2) is 9.37 Å². The van der Waals surface area contributed by atoms with E-state index in [0.29, 0.717) is 23.6 Å². The Morgan fingerprint density at radius 1 is 1.21 bits per heavy atom. The standard InChI is InChI=1S/C21H20FN3O3S/c1-14-23-18(13-29-14)12-28-19-8-6-15(7-9-19)21(27)25(2)11-20(26)24-17-5-3-4-16(22)10-17/h3-10,13H,11-12H2,1-2H3,(H,24,26). The summed E-state index contributed by atoms with van der Waals surface area (Å²) < 4.78 is 18.9. The molecule has 3 rings (SSSR count). The number of hydrogen-bond donors (Lipinski definition) is 1. The number of likely N-dealkylation sites (N-methyl/N-ethyl adjacent to an activating group) is 1. The lowest BCUT2D eigenvalue weighted by Gasteiger charge is -2.17. The number of hydrogen-bond acceptors (Lipinski definition) is 5. The summed E-state index contributed by atoms with van der Waals surface area (Å²) in [6.07, 6.45) is 0. The average Bonchev–Trinajstić information content (AvgIpc) is 3.11. The molecular formula is C21H20FN3O3S. The van der Waals surface area contributed by atoms with Crippen LogP contribution in [0, 0.1) is 12.7 Å². The first-order valence-corrected chi connectivity index (χ1v) is 9.73. The third kappa shape index (κ3) is 5.86. The molecule has 0 fully saturated rings. The highest BCUT2D eigenvalue weighted by Gasteiger charge is 2.15. The Morgan fingerprint density at radius 2 is 1.97 bits per heavy atom. The summed E-state index contributed by atoms with van der Waals surface area (Å²) in [6.45, 7) is 2.14. The van der Waals surface area contributed by atoms with Gasteiger partial charge < -0.3 is 15.0 Å². The highest BCUT2D eigenvalue weighted by molar-refractivity contribution is 7.09. The van der Waals surface area contributed by atoms with Crippen LogP contribution >= 0.6 is 11.3 Å². The molecule has 8 heteroatoms. The van der Waals surface area contributed by atoms with Crippen molar-refractivity contribution in [1.29, 1.82) is 0 Å². The van der Waals surface area contributed by atoms with Crippen molar-refractivity contribution in [3.8, 4) is 5.75 Å². The maximum Gasteiger partial charge on any atom is 0.254 e. The van der Waals surface area contributed by atoms with Crippen LogP contribution < -0.4 is 10.1 Å². The number of ether oxygens (including phenoxy) is 1. The molecule has 0 saturated heterocycles. The van der Waals surface area contributed by atoms with Crippen LogP contribution in [0.1, 0.15) is 21.1 Å². The Morgan fingerprint density at radius 3 is 2.62 bits per heavy atom. The molecule has 1 aromatic heterocycles. The number of rotatable bonds is 7. The van der Waals surface area contributed by atoms with Crippen LogP contribution in [0.5, 0.6) is 5.75 Å². The molecule has 29 heavy (non-hydrogen) atoms. The second-order valence-corrected chi connectivity index (χ2v) is 7.45. The number of carbonyl (C=O) groups is 2. The van der Waals surface area contributed by atoms with Gasteiger partial charge in [0.1, 0.15) is 18.2 Å². The van der Waals surface area contributed by atoms with E-state index < -0.39 is 11.7 Å². The molecule has 1 N–H and O–H groups in total. The lowest BCUT2D eigenvalue weighted by molar-refractivity contribution is -0.116. The highest BCUT2D eigenvalue weighted by atomic mass is 32.1. The molecule has 0 bridgehead atoms. The van der Waals surface area contributed by atoms with Gasteiger partial charge in [0.25, 0.3) is 5.91 Å². The van der Waals surface area contributed by atoms with Gasteiger partial charge in [-0.2, -0.15) is 0 Å². The number of amides is 2.